The van der Waals surface area contributed by atoms with Crippen LogP contribution in [0.2, 0.25) is 0 Å². The van der Waals surface area contributed by atoms with Gasteiger partial charge in [-0.25, -0.2) is 4.98 Å². The smallest absolute Gasteiger partial charge is 0.0890 e. The number of nitrogens with zero attached hydrogens (tertiary/aromatic N) is 3. The molecule has 1 aromatic carbocycles. The van der Waals surface area contributed by atoms with E-state index in [1.165, 1.54) is 11.1 Å². The van der Waals surface area contributed by atoms with Crippen LogP contribution in [0.5, 0.6) is 0 Å². The molecular formula is C21H20N4S. The Morgan fingerprint density at radius 2 is 1.88 bits per heavy atom. The van der Waals surface area contributed by atoms with Crippen molar-refractivity contribution in [1.82, 2.24) is 20.3 Å². The van der Waals surface area contributed by atoms with Gasteiger partial charge >= 0.3 is 0 Å². The van der Waals surface area contributed by atoms with E-state index >= 15 is 0 Å². The van der Waals surface area contributed by atoms with Crippen LogP contribution in [0.15, 0.2) is 65.6 Å². The number of fused-ring (bicyclic) bond motifs is 1. The second-order valence-corrected chi connectivity index (χ2v) is 7.16. The third-order valence-corrected chi connectivity index (χ3v) is 5.07. The SMILES string of the molecule is Cc1ccc([C@@H](Cc2ccsc2)NCc2cnc3ccccc3n2)nc1. The van der Waals surface area contributed by atoms with Gasteiger partial charge in [-0.15, -0.1) is 0 Å². The summed E-state index contributed by atoms with van der Waals surface area (Å²) >= 11 is 1.72. The van der Waals surface area contributed by atoms with Crippen LogP contribution in [0.1, 0.15) is 28.6 Å². The molecule has 0 aliphatic heterocycles. The van der Waals surface area contributed by atoms with E-state index in [-0.39, 0.29) is 6.04 Å². The Bertz CT molecular complexity index is 981. The van der Waals surface area contributed by atoms with Crippen molar-refractivity contribution in [2.45, 2.75) is 25.9 Å². The molecule has 0 spiro atoms. The van der Waals surface area contributed by atoms with E-state index in [2.05, 4.69) is 51.2 Å². The van der Waals surface area contributed by atoms with Crippen LogP contribution >= 0.6 is 11.3 Å². The van der Waals surface area contributed by atoms with Crippen LogP contribution in [0.4, 0.5) is 0 Å². The lowest BCUT2D eigenvalue weighted by molar-refractivity contribution is 0.514. The molecule has 4 nitrogen and oxygen atoms in total. The van der Waals surface area contributed by atoms with Crippen LogP contribution in [0.3, 0.4) is 0 Å². The molecule has 0 bridgehead atoms. The van der Waals surface area contributed by atoms with Gasteiger partial charge in [-0.3, -0.25) is 9.97 Å². The van der Waals surface area contributed by atoms with Gasteiger partial charge in [-0.2, -0.15) is 11.3 Å². The number of nitrogens with one attached hydrogen (secondary N) is 1. The molecule has 0 saturated heterocycles. The van der Waals surface area contributed by atoms with Gasteiger partial charge in [0, 0.05) is 12.7 Å². The van der Waals surface area contributed by atoms with Gasteiger partial charge in [-0.05, 0) is 59.5 Å². The number of rotatable bonds is 6. The van der Waals surface area contributed by atoms with Gasteiger partial charge in [0.05, 0.1) is 34.7 Å². The minimum atomic E-state index is 0.137. The molecule has 1 atom stereocenters. The van der Waals surface area contributed by atoms with Crippen molar-refractivity contribution in [2.75, 3.05) is 0 Å². The van der Waals surface area contributed by atoms with Crippen molar-refractivity contribution >= 4 is 22.4 Å². The molecule has 0 aliphatic rings. The van der Waals surface area contributed by atoms with Crippen LogP contribution in [0.25, 0.3) is 11.0 Å². The molecule has 0 saturated carbocycles. The molecule has 0 radical (unpaired) electrons. The first-order valence-corrected chi connectivity index (χ1v) is 9.60. The number of aromatic nitrogens is 3. The Morgan fingerprint density at radius 3 is 2.65 bits per heavy atom. The molecule has 0 unspecified atom stereocenters. The summed E-state index contributed by atoms with van der Waals surface area (Å²) in [4.78, 5) is 13.8. The van der Waals surface area contributed by atoms with Gasteiger partial charge in [0.1, 0.15) is 0 Å². The van der Waals surface area contributed by atoms with Crippen molar-refractivity contribution in [1.29, 1.82) is 0 Å². The maximum absolute atomic E-state index is 4.71. The standard InChI is InChI=1S/C21H20N4S/c1-15-6-7-19(22-11-15)21(10-16-8-9-26-14-16)24-13-17-12-23-18-4-2-3-5-20(18)25-17/h2-9,11-12,14,21,24H,10,13H2,1H3/t21-/m1/s1. The lowest BCUT2D eigenvalue weighted by Crippen LogP contribution is -2.24. The molecule has 130 valence electrons. The average molecular weight is 360 g/mol. The zero-order valence-corrected chi connectivity index (χ0v) is 15.4. The summed E-state index contributed by atoms with van der Waals surface area (Å²) in [5, 5.41) is 7.92. The van der Waals surface area contributed by atoms with Gasteiger partial charge in [0.2, 0.25) is 0 Å². The summed E-state index contributed by atoms with van der Waals surface area (Å²) in [6, 6.07) is 14.5. The number of benzene rings is 1. The molecule has 3 heterocycles. The maximum atomic E-state index is 4.71. The fourth-order valence-corrected chi connectivity index (χ4v) is 3.60. The molecule has 0 amide bonds. The van der Waals surface area contributed by atoms with Crippen molar-refractivity contribution in [3.05, 3.63) is 88.1 Å². The van der Waals surface area contributed by atoms with Crippen LogP contribution in [0, 0.1) is 6.92 Å². The second kappa shape index (κ2) is 7.72. The van der Waals surface area contributed by atoms with Crippen molar-refractivity contribution in [3.63, 3.8) is 0 Å². The van der Waals surface area contributed by atoms with E-state index in [4.69, 9.17) is 4.98 Å². The molecule has 4 aromatic rings. The number of thiophene rings is 1. The number of aryl methyl sites for hydroxylation is 1. The monoisotopic (exact) mass is 360 g/mol. The lowest BCUT2D eigenvalue weighted by atomic mass is 10.0. The van der Waals surface area contributed by atoms with E-state index in [0.29, 0.717) is 6.54 Å². The van der Waals surface area contributed by atoms with E-state index in [1.807, 2.05) is 36.7 Å². The third-order valence-electron chi connectivity index (χ3n) is 4.34. The van der Waals surface area contributed by atoms with Gasteiger partial charge in [0.15, 0.2) is 0 Å². The molecular weight excluding hydrogens is 340 g/mol. The fourth-order valence-electron chi connectivity index (χ4n) is 2.92. The molecule has 0 fully saturated rings. The van der Waals surface area contributed by atoms with Gasteiger partial charge < -0.3 is 5.32 Å². The summed E-state index contributed by atoms with van der Waals surface area (Å²) in [6.45, 7) is 2.71. The van der Waals surface area contributed by atoms with E-state index in [9.17, 15) is 0 Å². The highest BCUT2D eigenvalue weighted by atomic mass is 32.1. The summed E-state index contributed by atoms with van der Waals surface area (Å²) in [5.74, 6) is 0. The summed E-state index contributed by atoms with van der Waals surface area (Å²) in [6.07, 6.45) is 4.67. The van der Waals surface area contributed by atoms with Gasteiger partial charge in [0.25, 0.3) is 0 Å². The van der Waals surface area contributed by atoms with Crippen molar-refractivity contribution in [2.24, 2.45) is 0 Å². The normalized spacial score (nSPS) is 12.3. The Labute approximate surface area is 157 Å². The predicted octanol–water partition coefficient (Wildman–Crippen LogP) is 4.47. The summed E-state index contributed by atoms with van der Waals surface area (Å²) in [7, 11) is 0. The minimum absolute atomic E-state index is 0.137. The number of hydrogen-bond donors (Lipinski definition) is 1. The molecule has 5 heteroatoms. The summed E-state index contributed by atoms with van der Waals surface area (Å²) < 4.78 is 0. The Kier molecular flexibility index (Phi) is 5.00. The fraction of sp³-hybridized carbons (Fsp3) is 0.190. The van der Waals surface area contributed by atoms with Crippen LogP contribution in [-0.2, 0) is 13.0 Å². The molecule has 4 rings (SSSR count). The number of pyridine rings is 1. The number of para-hydroxylation sites is 2. The first kappa shape index (κ1) is 16.8. The van der Waals surface area contributed by atoms with Crippen LogP contribution < -0.4 is 5.32 Å². The topological polar surface area (TPSA) is 50.7 Å². The van der Waals surface area contributed by atoms with E-state index < -0.39 is 0 Å². The highest BCUT2D eigenvalue weighted by Crippen LogP contribution is 2.19. The molecule has 1 N–H and O–H groups in total. The number of hydrogen-bond acceptors (Lipinski definition) is 5. The van der Waals surface area contributed by atoms with E-state index in [1.54, 1.807) is 11.3 Å². The van der Waals surface area contributed by atoms with Crippen molar-refractivity contribution < 1.29 is 0 Å². The average Bonchev–Trinajstić information content (AvgIpc) is 3.19. The van der Waals surface area contributed by atoms with E-state index in [0.717, 1.165) is 28.8 Å². The second-order valence-electron chi connectivity index (χ2n) is 6.38. The Morgan fingerprint density at radius 1 is 1.00 bits per heavy atom. The Hall–Kier alpha value is -2.63. The third kappa shape index (κ3) is 3.95. The predicted molar refractivity (Wildman–Crippen MR) is 106 cm³/mol. The van der Waals surface area contributed by atoms with Crippen LogP contribution in [-0.4, -0.2) is 15.0 Å². The quantitative estimate of drug-likeness (QED) is 0.551. The highest BCUT2D eigenvalue weighted by molar-refractivity contribution is 7.07. The largest absolute Gasteiger partial charge is 0.303 e. The molecule has 3 aromatic heterocycles. The maximum Gasteiger partial charge on any atom is 0.0890 e. The molecule has 26 heavy (non-hydrogen) atoms. The zero-order valence-electron chi connectivity index (χ0n) is 14.6. The zero-order chi connectivity index (χ0) is 17.8. The molecule has 0 aliphatic carbocycles. The first-order valence-electron chi connectivity index (χ1n) is 8.65. The Balaban J connectivity index is 1.54. The highest BCUT2D eigenvalue weighted by Gasteiger charge is 2.14. The van der Waals surface area contributed by atoms with Crippen molar-refractivity contribution in [3.8, 4) is 0 Å². The summed E-state index contributed by atoms with van der Waals surface area (Å²) in [5.41, 5.74) is 6.32. The lowest BCUT2D eigenvalue weighted by Gasteiger charge is -2.18. The van der Waals surface area contributed by atoms with Gasteiger partial charge in [-0.1, -0.05) is 18.2 Å². The first-order chi connectivity index (χ1) is 12.8. The minimum Gasteiger partial charge on any atom is -0.303 e.